The van der Waals surface area contributed by atoms with Crippen molar-refractivity contribution in [1.82, 2.24) is 0 Å². The highest BCUT2D eigenvalue weighted by Gasteiger charge is 2.09. The van der Waals surface area contributed by atoms with Crippen LogP contribution in [0.3, 0.4) is 0 Å². The van der Waals surface area contributed by atoms with Crippen molar-refractivity contribution in [2.45, 2.75) is 0 Å². The Labute approximate surface area is 82.3 Å². The molecule has 0 aliphatic carbocycles. The third-order valence-electron chi connectivity index (χ3n) is 1.18. The molecule has 58 valence electrons. The molecule has 0 aliphatic rings. The zero-order valence-corrected chi connectivity index (χ0v) is 8.26. The molecule has 0 spiro atoms. The molecule has 0 saturated heterocycles. The van der Waals surface area contributed by atoms with Crippen molar-refractivity contribution in [2.75, 3.05) is 0 Å². The number of carboxylic acid groups (broad SMARTS) is 1. The molecule has 0 fully saturated rings. The molecule has 0 bridgehead atoms. The minimum absolute atomic E-state index is 0.151. The lowest BCUT2D eigenvalue weighted by Gasteiger charge is -1.98. The van der Waals surface area contributed by atoms with Gasteiger partial charge in [-0.1, -0.05) is 17.7 Å². The zero-order chi connectivity index (χ0) is 8.43. The van der Waals surface area contributed by atoms with Crippen LogP contribution in [0.25, 0.3) is 0 Å². The van der Waals surface area contributed by atoms with E-state index >= 15 is 0 Å². The molecule has 0 heterocycles. The second-order valence-corrected chi connectivity index (χ2v) is 3.45. The second kappa shape index (κ2) is 3.40. The molecule has 11 heavy (non-hydrogen) atoms. The minimum Gasteiger partial charge on any atom is -0.478 e. The van der Waals surface area contributed by atoms with Gasteiger partial charge in [0, 0.05) is 3.57 Å². The standard InChI is InChI=1S/C7H4ClIO2/c8-6-4(7(10)11)2-1-3-5(6)9/h1-3H,(H,10,11). The van der Waals surface area contributed by atoms with Gasteiger partial charge in [-0.15, -0.1) is 0 Å². The molecule has 4 heteroatoms. The number of benzene rings is 1. The number of carbonyl (C=O) groups is 1. The van der Waals surface area contributed by atoms with Gasteiger partial charge in [0.15, 0.2) is 0 Å². The van der Waals surface area contributed by atoms with Crippen LogP contribution in [0, 0.1) is 3.57 Å². The third kappa shape index (κ3) is 1.84. The van der Waals surface area contributed by atoms with Crippen molar-refractivity contribution in [1.29, 1.82) is 0 Å². The Morgan fingerprint density at radius 3 is 2.64 bits per heavy atom. The number of rotatable bonds is 1. The molecule has 0 atom stereocenters. The molecule has 1 aromatic carbocycles. The topological polar surface area (TPSA) is 37.3 Å². The molecule has 0 aromatic heterocycles. The van der Waals surface area contributed by atoms with Gasteiger partial charge < -0.3 is 5.11 Å². The van der Waals surface area contributed by atoms with E-state index in [1.54, 1.807) is 12.1 Å². The van der Waals surface area contributed by atoms with Crippen LogP contribution in [0.15, 0.2) is 18.2 Å². The molecule has 1 N–H and O–H groups in total. The Morgan fingerprint density at radius 1 is 1.55 bits per heavy atom. The molecule has 1 rings (SSSR count). The summed E-state index contributed by atoms with van der Waals surface area (Å²) in [5, 5.41) is 8.91. The summed E-state index contributed by atoms with van der Waals surface area (Å²) in [6, 6.07) is 4.90. The van der Waals surface area contributed by atoms with Gasteiger partial charge in [0.1, 0.15) is 0 Å². The summed E-state index contributed by atoms with van der Waals surface area (Å²) in [4.78, 5) is 10.5. The Balaban J connectivity index is 3.27. The van der Waals surface area contributed by atoms with E-state index in [-0.39, 0.29) is 5.56 Å². The lowest BCUT2D eigenvalue weighted by atomic mass is 10.2. The number of hydrogen-bond donors (Lipinski definition) is 1. The minimum atomic E-state index is -0.992. The predicted octanol–water partition coefficient (Wildman–Crippen LogP) is 2.64. The van der Waals surface area contributed by atoms with Gasteiger partial charge in [-0.3, -0.25) is 0 Å². The Hall–Kier alpha value is -0.290. The SMILES string of the molecule is O=C(O)c1cccc(I)c1Cl. The maximum Gasteiger partial charge on any atom is 0.337 e. The number of carboxylic acids is 1. The van der Waals surface area contributed by atoms with Gasteiger partial charge in [0.2, 0.25) is 0 Å². The fourth-order valence-electron chi connectivity index (χ4n) is 0.669. The average Bonchev–Trinajstić information content (AvgIpc) is 1.94. The quantitative estimate of drug-likeness (QED) is 0.804. The Morgan fingerprint density at radius 2 is 2.18 bits per heavy atom. The lowest BCUT2D eigenvalue weighted by molar-refractivity contribution is 0.0697. The van der Waals surface area contributed by atoms with Gasteiger partial charge in [-0.2, -0.15) is 0 Å². The number of halogens is 2. The third-order valence-corrected chi connectivity index (χ3v) is 2.81. The zero-order valence-electron chi connectivity index (χ0n) is 5.34. The van der Waals surface area contributed by atoms with Gasteiger partial charge in [0.25, 0.3) is 0 Å². The summed E-state index contributed by atoms with van der Waals surface area (Å²) in [5.41, 5.74) is 0.151. The van der Waals surface area contributed by atoms with E-state index in [1.165, 1.54) is 6.07 Å². The molecule has 0 unspecified atom stereocenters. The van der Waals surface area contributed by atoms with Crippen molar-refractivity contribution < 1.29 is 9.90 Å². The number of aromatic carboxylic acids is 1. The van der Waals surface area contributed by atoms with Crippen molar-refractivity contribution in [3.05, 3.63) is 32.4 Å². The first kappa shape index (κ1) is 8.80. The molecular formula is C7H4ClIO2. The highest BCUT2D eigenvalue weighted by molar-refractivity contribution is 14.1. The summed E-state index contributed by atoms with van der Waals surface area (Å²) < 4.78 is 0.754. The fraction of sp³-hybridized carbons (Fsp3) is 0. The van der Waals surface area contributed by atoms with Crippen LogP contribution < -0.4 is 0 Å². The first-order valence-corrected chi connectivity index (χ1v) is 4.26. The molecule has 0 radical (unpaired) electrons. The van der Waals surface area contributed by atoms with Gasteiger partial charge in [-0.25, -0.2) is 4.79 Å². The van der Waals surface area contributed by atoms with E-state index in [2.05, 4.69) is 0 Å². The van der Waals surface area contributed by atoms with Crippen LogP contribution in [0.4, 0.5) is 0 Å². The van der Waals surface area contributed by atoms with E-state index in [0.717, 1.165) is 3.57 Å². The predicted molar refractivity (Wildman–Crippen MR) is 51.1 cm³/mol. The van der Waals surface area contributed by atoms with Gasteiger partial charge >= 0.3 is 5.97 Å². The smallest absolute Gasteiger partial charge is 0.337 e. The van der Waals surface area contributed by atoms with Crippen LogP contribution in [-0.4, -0.2) is 11.1 Å². The van der Waals surface area contributed by atoms with Crippen LogP contribution in [-0.2, 0) is 0 Å². The Bertz CT molecular complexity index is 298. The molecule has 2 nitrogen and oxygen atoms in total. The van der Waals surface area contributed by atoms with E-state index in [1.807, 2.05) is 22.6 Å². The number of hydrogen-bond acceptors (Lipinski definition) is 1. The van der Waals surface area contributed by atoms with Crippen molar-refractivity contribution in [3.63, 3.8) is 0 Å². The van der Waals surface area contributed by atoms with Crippen molar-refractivity contribution >= 4 is 40.2 Å². The summed E-state index contributed by atoms with van der Waals surface area (Å²) in [6.45, 7) is 0. The van der Waals surface area contributed by atoms with Crippen LogP contribution >= 0.6 is 34.2 Å². The Kier molecular flexibility index (Phi) is 2.72. The molecule has 0 amide bonds. The van der Waals surface area contributed by atoms with E-state index in [4.69, 9.17) is 16.7 Å². The van der Waals surface area contributed by atoms with Crippen LogP contribution in [0.2, 0.25) is 5.02 Å². The van der Waals surface area contributed by atoms with E-state index in [9.17, 15) is 4.79 Å². The van der Waals surface area contributed by atoms with Gasteiger partial charge in [-0.05, 0) is 34.7 Å². The van der Waals surface area contributed by atoms with Gasteiger partial charge in [0.05, 0.1) is 10.6 Å². The average molecular weight is 282 g/mol. The van der Waals surface area contributed by atoms with Crippen LogP contribution in [0.5, 0.6) is 0 Å². The monoisotopic (exact) mass is 282 g/mol. The molecule has 1 aromatic rings. The molecule has 0 saturated carbocycles. The maximum atomic E-state index is 10.5. The van der Waals surface area contributed by atoms with E-state index in [0.29, 0.717) is 5.02 Å². The highest BCUT2D eigenvalue weighted by Crippen LogP contribution is 2.22. The fourth-order valence-corrected chi connectivity index (χ4v) is 1.37. The maximum absolute atomic E-state index is 10.5. The summed E-state index contributed by atoms with van der Waals surface area (Å²) in [5.74, 6) is -0.992. The molecule has 0 aliphatic heterocycles. The molecular weight excluding hydrogens is 278 g/mol. The summed E-state index contributed by atoms with van der Waals surface area (Å²) in [7, 11) is 0. The lowest BCUT2D eigenvalue weighted by Crippen LogP contribution is -1.97. The highest BCUT2D eigenvalue weighted by atomic mass is 127. The largest absolute Gasteiger partial charge is 0.478 e. The van der Waals surface area contributed by atoms with Crippen molar-refractivity contribution in [3.8, 4) is 0 Å². The summed E-state index contributed by atoms with van der Waals surface area (Å²) in [6.07, 6.45) is 0. The first-order chi connectivity index (χ1) is 5.13. The normalized spacial score (nSPS) is 9.64. The van der Waals surface area contributed by atoms with Crippen LogP contribution in [0.1, 0.15) is 10.4 Å². The van der Waals surface area contributed by atoms with E-state index < -0.39 is 5.97 Å². The second-order valence-electron chi connectivity index (χ2n) is 1.91. The first-order valence-electron chi connectivity index (χ1n) is 2.80. The summed E-state index contributed by atoms with van der Waals surface area (Å²) >= 11 is 7.69. The van der Waals surface area contributed by atoms with Crippen molar-refractivity contribution in [2.24, 2.45) is 0 Å².